The van der Waals surface area contributed by atoms with Gasteiger partial charge in [-0.3, -0.25) is 9.36 Å². The molecule has 0 spiro atoms. The highest BCUT2D eigenvalue weighted by Crippen LogP contribution is 2.34. The fourth-order valence-corrected chi connectivity index (χ4v) is 5.23. The molecule has 2 aliphatic rings. The number of amides is 1. The number of carbonyl (C=O) groups is 1. The number of alkyl halides is 3. The molecule has 5 rings (SSSR count). The zero-order valence-electron chi connectivity index (χ0n) is 21.3. The van der Waals surface area contributed by atoms with E-state index in [0.29, 0.717) is 50.8 Å². The highest BCUT2D eigenvalue weighted by molar-refractivity contribution is 5.88. The first-order valence-electron chi connectivity index (χ1n) is 12.3. The van der Waals surface area contributed by atoms with Crippen LogP contribution < -0.4 is 15.5 Å². The topological polar surface area (TPSA) is 131 Å². The fraction of sp³-hybridized carbons (Fsp3) is 0.565. The summed E-state index contributed by atoms with van der Waals surface area (Å²) in [5.74, 6) is 0.686. The van der Waals surface area contributed by atoms with Gasteiger partial charge in [-0.2, -0.15) is 13.2 Å². The van der Waals surface area contributed by atoms with Crippen molar-refractivity contribution in [3.05, 3.63) is 12.4 Å². The van der Waals surface area contributed by atoms with Crippen molar-refractivity contribution < 1.29 is 22.7 Å². The summed E-state index contributed by atoms with van der Waals surface area (Å²) in [5, 5.41) is 0. The largest absolute Gasteiger partial charge is 0.406 e. The molecule has 0 aliphatic carbocycles. The van der Waals surface area contributed by atoms with Crippen LogP contribution in [0.25, 0.3) is 22.6 Å². The molecule has 204 valence electrons. The Labute approximate surface area is 216 Å². The Morgan fingerprint density at radius 1 is 1.05 bits per heavy atom. The number of piperazine rings is 1. The minimum absolute atomic E-state index is 0.0509. The van der Waals surface area contributed by atoms with Crippen molar-refractivity contribution >= 4 is 34.8 Å². The number of rotatable bonds is 4. The Hall–Kier alpha value is -3.75. The molecule has 0 saturated carbocycles. The van der Waals surface area contributed by atoms with Crippen LogP contribution in [0.3, 0.4) is 0 Å². The zero-order valence-corrected chi connectivity index (χ0v) is 21.3. The molecular formula is C23H29F3N10O2. The van der Waals surface area contributed by atoms with Crippen molar-refractivity contribution in [1.82, 2.24) is 34.4 Å². The molecule has 15 heteroatoms. The average molecular weight is 535 g/mol. The van der Waals surface area contributed by atoms with Crippen LogP contribution in [-0.2, 0) is 16.1 Å². The summed E-state index contributed by atoms with van der Waals surface area (Å²) in [7, 11) is 0. The van der Waals surface area contributed by atoms with Gasteiger partial charge in [0.1, 0.15) is 6.54 Å². The van der Waals surface area contributed by atoms with Gasteiger partial charge in [0, 0.05) is 57.6 Å². The summed E-state index contributed by atoms with van der Waals surface area (Å²) in [5.41, 5.74) is 6.34. The number of ether oxygens (including phenoxy) is 1. The molecule has 5 heterocycles. The number of fused-ring (bicyclic) bond motifs is 1. The second-order valence-electron chi connectivity index (χ2n) is 9.61. The molecule has 2 unspecified atom stereocenters. The fourth-order valence-electron chi connectivity index (χ4n) is 5.23. The van der Waals surface area contributed by atoms with Crippen molar-refractivity contribution in [3.8, 4) is 11.4 Å². The number of hydrogen-bond acceptors (Lipinski definition) is 10. The number of hydrogen-bond donors (Lipinski definition) is 1. The van der Waals surface area contributed by atoms with E-state index < -0.39 is 12.7 Å². The number of anilines is 3. The van der Waals surface area contributed by atoms with E-state index in [1.54, 1.807) is 9.80 Å². The summed E-state index contributed by atoms with van der Waals surface area (Å²) in [6.07, 6.45) is -1.67. The van der Waals surface area contributed by atoms with Crippen molar-refractivity contribution in [2.75, 3.05) is 54.9 Å². The molecule has 2 N–H and O–H groups in total. The minimum atomic E-state index is -4.53. The number of carbonyl (C=O) groups excluding carboxylic acids is 1. The van der Waals surface area contributed by atoms with Crippen LogP contribution in [-0.4, -0.2) is 97.9 Å². The predicted octanol–water partition coefficient (Wildman–Crippen LogP) is 1.71. The first-order valence-corrected chi connectivity index (χ1v) is 12.3. The Balaban J connectivity index is 1.69. The monoisotopic (exact) mass is 534 g/mol. The number of halogens is 3. The van der Waals surface area contributed by atoms with Crippen LogP contribution in [0.2, 0.25) is 0 Å². The first-order chi connectivity index (χ1) is 18.0. The third-order valence-electron chi connectivity index (χ3n) is 6.70. The lowest BCUT2D eigenvalue weighted by Crippen LogP contribution is -2.58. The molecule has 12 nitrogen and oxygen atoms in total. The summed E-state index contributed by atoms with van der Waals surface area (Å²) in [4.78, 5) is 39.5. The molecule has 3 aromatic rings. The lowest BCUT2D eigenvalue weighted by Gasteiger charge is -2.44. The van der Waals surface area contributed by atoms with E-state index in [-0.39, 0.29) is 46.9 Å². The normalized spacial score (nSPS) is 20.8. The molecule has 0 aromatic carbocycles. The Morgan fingerprint density at radius 2 is 1.68 bits per heavy atom. The van der Waals surface area contributed by atoms with Gasteiger partial charge in [0.25, 0.3) is 0 Å². The van der Waals surface area contributed by atoms with E-state index in [9.17, 15) is 18.0 Å². The molecule has 0 bridgehead atoms. The van der Waals surface area contributed by atoms with Gasteiger partial charge in [0.2, 0.25) is 17.8 Å². The Bertz CT molecular complexity index is 1310. The van der Waals surface area contributed by atoms with Crippen molar-refractivity contribution in [1.29, 1.82) is 0 Å². The van der Waals surface area contributed by atoms with Crippen LogP contribution in [0.4, 0.5) is 30.9 Å². The molecule has 1 amide bonds. The lowest BCUT2D eigenvalue weighted by atomic mass is 10.1. The quantitative estimate of drug-likeness (QED) is 0.528. The maximum Gasteiger partial charge on any atom is 0.406 e. The number of nitrogen functional groups attached to an aromatic ring is 1. The van der Waals surface area contributed by atoms with Crippen LogP contribution in [0.15, 0.2) is 12.4 Å². The number of nitrogens with two attached hydrogens (primary N) is 1. The maximum absolute atomic E-state index is 13.9. The maximum atomic E-state index is 13.9. The van der Waals surface area contributed by atoms with E-state index >= 15 is 0 Å². The highest BCUT2D eigenvalue weighted by Gasteiger charge is 2.37. The molecule has 3 aromatic heterocycles. The standard InChI is InChI=1S/C23H29F3N10O2/c1-13-10-34(11-14(2)36(13)15(3)37)22-30-17-19(33-4-6-38-7-5-33)31-18(16-8-28-21(27)29-9-16)32-20(17)35(22)12-23(24,25)26/h8-9,13-14H,4-7,10-12H2,1-3H3,(H2,27,28,29). The van der Waals surface area contributed by atoms with Gasteiger partial charge < -0.3 is 25.2 Å². The molecule has 2 saturated heterocycles. The van der Waals surface area contributed by atoms with E-state index in [1.165, 1.54) is 19.3 Å². The van der Waals surface area contributed by atoms with Gasteiger partial charge in [-0.15, -0.1) is 0 Å². The minimum Gasteiger partial charge on any atom is -0.378 e. The molecule has 2 aliphatic heterocycles. The predicted molar refractivity (Wildman–Crippen MR) is 134 cm³/mol. The summed E-state index contributed by atoms with van der Waals surface area (Å²) < 4.78 is 48.3. The third-order valence-corrected chi connectivity index (χ3v) is 6.70. The third kappa shape index (κ3) is 5.01. The lowest BCUT2D eigenvalue weighted by molar-refractivity contribution is -0.139. The van der Waals surface area contributed by atoms with Gasteiger partial charge in [-0.1, -0.05) is 0 Å². The summed E-state index contributed by atoms with van der Waals surface area (Å²) in [6, 6.07) is -0.439. The van der Waals surface area contributed by atoms with Crippen LogP contribution in [0.1, 0.15) is 20.8 Å². The molecule has 0 radical (unpaired) electrons. The summed E-state index contributed by atoms with van der Waals surface area (Å²) in [6.45, 7) is 6.49. The number of aromatic nitrogens is 6. The zero-order chi connectivity index (χ0) is 27.2. The van der Waals surface area contributed by atoms with E-state index in [1.807, 2.05) is 18.7 Å². The van der Waals surface area contributed by atoms with Crippen LogP contribution in [0, 0.1) is 0 Å². The van der Waals surface area contributed by atoms with Crippen molar-refractivity contribution in [2.24, 2.45) is 0 Å². The number of morpholine rings is 1. The van der Waals surface area contributed by atoms with Crippen LogP contribution >= 0.6 is 0 Å². The molecular weight excluding hydrogens is 505 g/mol. The Morgan fingerprint density at radius 3 is 2.26 bits per heavy atom. The second-order valence-corrected chi connectivity index (χ2v) is 9.61. The second kappa shape index (κ2) is 9.85. The van der Waals surface area contributed by atoms with Gasteiger partial charge in [0.05, 0.1) is 18.8 Å². The molecule has 2 fully saturated rings. The molecule has 38 heavy (non-hydrogen) atoms. The van der Waals surface area contributed by atoms with Gasteiger partial charge in [-0.05, 0) is 13.8 Å². The SMILES string of the molecule is CC(=O)N1C(C)CN(c2nc3c(N4CCOCC4)nc(-c4cnc(N)nc4)nc3n2CC(F)(F)F)CC1C. The van der Waals surface area contributed by atoms with Crippen molar-refractivity contribution in [2.45, 2.75) is 45.6 Å². The average Bonchev–Trinajstić information content (AvgIpc) is 3.20. The van der Waals surface area contributed by atoms with E-state index in [2.05, 4.69) is 15.0 Å². The number of imidazole rings is 1. The smallest absolute Gasteiger partial charge is 0.378 e. The van der Waals surface area contributed by atoms with E-state index in [4.69, 9.17) is 20.4 Å². The van der Waals surface area contributed by atoms with Gasteiger partial charge in [0.15, 0.2) is 22.8 Å². The van der Waals surface area contributed by atoms with E-state index in [0.717, 1.165) is 4.57 Å². The first kappa shape index (κ1) is 25.9. The van der Waals surface area contributed by atoms with Gasteiger partial charge in [-0.25, -0.2) is 24.9 Å². The Kier molecular flexibility index (Phi) is 6.71. The summed E-state index contributed by atoms with van der Waals surface area (Å²) >= 11 is 0. The van der Waals surface area contributed by atoms with Crippen LogP contribution in [0.5, 0.6) is 0 Å². The molecule has 2 atom stereocenters. The van der Waals surface area contributed by atoms with Gasteiger partial charge >= 0.3 is 6.18 Å². The van der Waals surface area contributed by atoms with Crippen molar-refractivity contribution in [3.63, 3.8) is 0 Å². The highest BCUT2D eigenvalue weighted by atomic mass is 19.4. The number of nitrogens with zero attached hydrogens (tertiary/aromatic N) is 9.